The molecule has 2 N–H and O–H groups in total. The van der Waals surface area contributed by atoms with Gasteiger partial charge < -0.3 is 15.5 Å². The third kappa shape index (κ3) is 3.93. The molecule has 2 amide bonds. The molecule has 0 unspecified atom stereocenters. The number of piperidine rings is 2. The van der Waals surface area contributed by atoms with Gasteiger partial charge in [-0.1, -0.05) is 30.3 Å². The Morgan fingerprint density at radius 3 is 2.46 bits per heavy atom. The van der Waals surface area contributed by atoms with Gasteiger partial charge in [-0.15, -0.1) is 0 Å². The summed E-state index contributed by atoms with van der Waals surface area (Å²) in [6, 6.07) is 9.95. The van der Waals surface area contributed by atoms with Gasteiger partial charge in [-0.05, 0) is 50.5 Å². The van der Waals surface area contributed by atoms with E-state index in [-0.39, 0.29) is 17.2 Å². The highest BCUT2D eigenvalue weighted by Gasteiger charge is 2.43. The smallest absolute Gasteiger partial charge is 0.242 e. The zero-order valence-electron chi connectivity index (χ0n) is 16.0. The Balaban J connectivity index is 1.60. The number of amides is 2. The van der Waals surface area contributed by atoms with Crippen molar-refractivity contribution in [3.05, 3.63) is 35.9 Å². The van der Waals surface area contributed by atoms with Crippen LogP contribution in [0.15, 0.2) is 30.3 Å². The van der Waals surface area contributed by atoms with E-state index in [1.54, 1.807) is 0 Å². The van der Waals surface area contributed by atoms with Gasteiger partial charge in [-0.3, -0.25) is 9.59 Å². The summed E-state index contributed by atoms with van der Waals surface area (Å²) >= 11 is 0. The lowest BCUT2D eigenvalue weighted by Crippen LogP contribution is -2.58. The van der Waals surface area contributed by atoms with Crippen LogP contribution < -0.4 is 5.73 Å². The van der Waals surface area contributed by atoms with Gasteiger partial charge >= 0.3 is 0 Å². The molecule has 0 radical (unpaired) electrons. The number of nitrogens with two attached hydrogens (primary N) is 1. The van der Waals surface area contributed by atoms with E-state index in [4.69, 9.17) is 5.73 Å². The largest absolute Gasteiger partial charge is 0.342 e. The van der Waals surface area contributed by atoms with Crippen LogP contribution in [0, 0.1) is 5.41 Å². The van der Waals surface area contributed by atoms with E-state index in [1.807, 2.05) is 54.0 Å². The first-order valence-corrected chi connectivity index (χ1v) is 9.75. The third-order valence-electron chi connectivity index (χ3n) is 6.14. The van der Waals surface area contributed by atoms with Crippen LogP contribution >= 0.6 is 0 Å². The quantitative estimate of drug-likeness (QED) is 0.898. The summed E-state index contributed by atoms with van der Waals surface area (Å²) in [4.78, 5) is 28.9. The molecule has 1 aromatic rings. The average molecular weight is 357 g/mol. The van der Waals surface area contributed by atoms with Crippen molar-refractivity contribution in [1.29, 1.82) is 0 Å². The SMILES string of the molecule is CCN1CC2(CCC1=O)CCN(C(=O)[C@@](C)(N)Cc1ccccc1)CC2. The molecule has 0 saturated carbocycles. The molecule has 142 valence electrons. The van der Waals surface area contributed by atoms with Gasteiger partial charge in [0.25, 0.3) is 0 Å². The molecule has 1 spiro atoms. The minimum absolute atomic E-state index is 0.0374. The van der Waals surface area contributed by atoms with Gasteiger partial charge in [0.05, 0.1) is 5.54 Å². The first-order chi connectivity index (χ1) is 12.4. The molecule has 2 aliphatic heterocycles. The summed E-state index contributed by atoms with van der Waals surface area (Å²) in [6.45, 7) is 6.98. The highest BCUT2D eigenvalue weighted by molar-refractivity contribution is 5.86. The molecule has 1 aromatic carbocycles. The fourth-order valence-electron chi connectivity index (χ4n) is 4.44. The lowest BCUT2D eigenvalue weighted by Gasteiger charge is -2.48. The van der Waals surface area contributed by atoms with Gasteiger partial charge in [0.2, 0.25) is 11.8 Å². The molecule has 5 heteroatoms. The van der Waals surface area contributed by atoms with Crippen molar-refractivity contribution in [3.8, 4) is 0 Å². The average Bonchev–Trinajstić information content (AvgIpc) is 2.64. The van der Waals surface area contributed by atoms with E-state index < -0.39 is 5.54 Å². The first-order valence-electron chi connectivity index (χ1n) is 9.75. The maximum atomic E-state index is 13.0. The highest BCUT2D eigenvalue weighted by Crippen LogP contribution is 2.40. The van der Waals surface area contributed by atoms with E-state index in [0.717, 1.165) is 51.0 Å². The molecule has 26 heavy (non-hydrogen) atoms. The highest BCUT2D eigenvalue weighted by atomic mass is 16.2. The van der Waals surface area contributed by atoms with Crippen molar-refractivity contribution in [2.45, 2.75) is 51.5 Å². The molecule has 2 fully saturated rings. The molecular formula is C21H31N3O2. The fourth-order valence-corrected chi connectivity index (χ4v) is 4.44. The van der Waals surface area contributed by atoms with Gasteiger partial charge in [0.15, 0.2) is 0 Å². The lowest BCUT2D eigenvalue weighted by molar-refractivity contribution is -0.144. The maximum absolute atomic E-state index is 13.0. The van der Waals surface area contributed by atoms with E-state index >= 15 is 0 Å². The molecule has 2 heterocycles. The molecular weight excluding hydrogens is 326 g/mol. The van der Waals surface area contributed by atoms with Crippen molar-refractivity contribution in [2.24, 2.45) is 11.1 Å². The lowest BCUT2D eigenvalue weighted by atomic mass is 9.72. The van der Waals surface area contributed by atoms with Crippen molar-refractivity contribution in [1.82, 2.24) is 9.80 Å². The Bertz CT molecular complexity index is 648. The van der Waals surface area contributed by atoms with Crippen LogP contribution in [0.3, 0.4) is 0 Å². The molecule has 0 aromatic heterocycles. The van der Waals surface area contributed by atoms with Gasteiger partial charge in [-0.2, -0.15) is 0 Å². The van der Waals surface area contributed by atoms with Gasteiger partial charge in [0, 0.05) is 32.6 Å². The zero-order chi connectivity index (χ0) is 18.8. The number of hydrogen-bond acceptors (Lipinski definition) is 3. The van der Waals surface area contributed by atoms with Crippen LogP contribution in [-0.4, -0.2) is 53.3 Å². The summed E-state index contributed by atoms with van der Waals surface area (Å²) in [5.41, 5.74) is 6.80. The van der Waals surface area contributed by atoms with Crippen LogP contribution in [0.1, 0.15) is 45.1 Å². The summed E-state index contributed by atoms with van der Waals surface area (Å²) < 4.78 is 0. The molecule has 2 saturated heterocycles. The monoisotopic (exact) mass is 357 g/mol. The zero-order valence-corrected chi connectivity index (χ0v) is 16.0. The van der Waals surface area contributed by atoms with Crippen LogP contribution in [-0.2, 0) is 16.0 Å². The second-order valence-electron chi connectivity index (χ2n) is 8.28. The maximum Gasteiger partial charge on any atom is 0.242 e. The summed E-state index contributed by atoms with van der Waals surface area (Å²) in [6.07, 6.45) is 4.07. The molecule has 3 rings (SSSR count). The number of hydrogen-bond donors (Lipinski definition) is 1. The van der Waals surface area contributed by atoms with Crippen LogP contribution in [0.25, 0.3) is 0 Å². The topological polar surface area (TPSA) is 66.6 Å². The molecule has 0 bridgehead atoms. The summed E-state index contributed by atoms with van der Waals surface area (Å²) in [5.74, 6) is 0.310. The van der Waals surface area contributed by atoms with E-state index in [0.29, 0.717) is 12.8 Å². The fraction of sp³-hybridized carbons (Fsp3) is 0.619. The summed E-state index contributed by atoms with van der Waals surface area (Å²) in [5, 5.41) is 0. The Labute approximate surface area is 156 Å². The number of carbonyl (C=O) groups is 2. The van der Waals surface area contributed by atoms with E-state index in [1.165, 1.54) is 0 Å². The Kier molecular flexibility index (Phi) is 5.37. The van der Waals surface area contributed by atoms with E-state index in [9.17, 15) is 9.59 Å². The van der Waals surface area contributed by atoms with Crippen molar-refractivity contribution in [3.63, 3.8) is 0 Å². The number of rotatable bonds is 4. The van der Waals surface area contributed by atoms with Crippen LogP contribution in [0.2, 0.25) is 0 Å². The van der Waals surface area contributed by atoms with E-state index in [2.05, 4.69) is 0 Å². The second kappa shape index (κ2) is 7.39. The Morgan fingerprint density at radius 1 is 1.19 bits per heavy atom. The number of carbonyl (C=O) groups excluding carboxylic acids is 2. The van der Waals surface area contributed by atoms with Crippen molar-refractivity contribution >= 4 is 11.8 Å². The predicted molar refractivity (Wildman–Crippen MR) is 102 cm³/mol. The number of nitrogens with zero attached hydrogens (tertiary/aromatic N) is 2. The predicted octanol–water partition coefficient (Wildman–Crippen LogP) is 2.20. The second-order valence-corrected chi connectivity index (χ2v) is 8.28. The van der Waals surface area contributed by atoms with Gasteiger partial charge in [0.1, 0.15) is 0 Å². The Hall–Kier alpha value is -1.88. The molecule has 1 atom stereocenters. The van der Waals surface area contributed by atoms with Crippen molar-refractivity contribution in [2.75, 3.05) is 26.2 Å². The van der Waals surface area contributed by atoms with Crippen molar-refractivity contribution < 1.29 is 9.59 Å². The number of benzene rings is 1. The van der Waals surface area contributed by atoms with Crippen LogP contribution in [0.5, 0.6) is 0 Å². The first kappa shape index (κ1) is 18.9. The number of likely N-dealkylation sites (tertiary alicyclic amines) is 2. The third-order valence-corrected chi connectivity index (χ3v) is 6.14. The molecule has 5 nitrogen and oxygen atoms in total. The Morgan fingerprint density at radius 2 is 1.85 bits per heavy atom. The molecule has 0 aliphatic carbocycles. The van der Waals surface area contributed by atoms with Crippen LogP contribution in [0.4, 0.5) is 0 Å². The summed E-state index contributed by atoms with van der Waals surface area (Å²) in [7, 11) is 0. The molecule has 2 aliphatic rings. The minimum Gasteiger partial charge on any atom is -0.342 e. The minimum atomic E-state index is -0.885. The van der Waals surface area contributed by atoms with Gasteiger partial charge in [-0.25, -0.2) is 0 Å². The normalized spacial score (nSPS) is 22.3. The standard InChI is InChI=1S/C21H31N3O2/c1-3-23-16-21(10-9-18(23)25)11-13-24(14-12-21)19(26)20(2,22)15-17-7-5-4-6-8-17/h4-8H,3,9-16,22H2,1-2H3/t20-/m0/s1.